The largest absolute Gasteiger partial charge is 0.384 e. The molecule has 0 aromatic heterocycles. The highest BCUT2D eigenvalue weighted by Gasteiger charge is 1.96. The number of hydrogen-bond acceptors (Lipinski definition) is 4. The number of hydrazine groups is 1. The lowest BCUT2D eigenvalue weighted by atomic mass is 10.3. The first kappa shape index (κ1) is 11.7. The number of hydrogen-bond donors (Lipinski definition) is 2. The Hall–Kier alpha value is -0.260. The van der Waals surface area contributed by atoms with Gasteiger partial charge in [-0.3, -0.25) is 10.2 Å². The van der Waals surface area contributed by atoms with Crippen molar-refractivity contribution in [3.63, 3.8) is 0 Å². The Balaban J connectivity index is 2.95. The number of amides is 1. The zero-order valence-electron chi connectivity index (χ0n) is 7.34. The predicted molar refractivity (Wildman–Crippen MR) is 50.8 cm³/mol. The Morgan fingerprint density at radius 1 is 1.58 bits per heavy atom. The SMILES string of the molecule is COCCSCCCC(=O)NN. The summed E-state index contributed by atoms with van der Waals surface area (Å²) in [7, 11) is 1.68. The zero-order valence-corrected chi connectivity index (χ0v) is 8.15. The maximum absolute atomic E-state index is 10.6. The van der Waals surface area contributed by atoms with Crippen molar-refractivity contribution in [2.45, 2.75) is 12.8 Å². The lowest BCUT2D eigenvalue weighted by molar-refractivity contribution is -0.121. The highest BCUT2D eigenvalue weighted by atomic mass is 32.2. The molecule has 0 aromatic rings. The summed E-state index contributed by atoms with van der Waals surface area (Å²) in [5.74, 6) is 6.78. The highest BCUT2D eigenvalue weighted by Crippen LogP contribution is 2.03. The second kappa shape index (κ2) is 8.83. The van der Waals surface area contributed by atoms with E-state index in [2.05, 4.69) is 5.43 Å². The third-order valence-corrected chi connectivity index (χ3v) is 2.32. The maximum Gasteiger partial charge on any atom is 0.233 e. The minimum absolute atomic E-state index is 0.0951. The first-order chi connectivity index (χ1) is 5.81. The molecule has 0 atom stereocenters. The lowest BCUT2D eigenvalue weighted by Gasteiger charge is -2.00. The summed E-state index contributed by atoms with van der Waals surface area (Å²) in [6, 6.07) is 0. The third-order valence-electron chi connectivity index (χ3n) is 1.29. The Morgan fingerprint density at radius 3 is 2.92 bits per heavy atom. The van der Waals surface area contributed by atoms with Crippen LogP contribution in [0.5, 0.6) is 0 Å². The maximum atomic E-state index is 10.6. The van der Waals surface area contributed by atoms with Crippen LogP contribution in [0.4, 0.5) is 0 Å². The molecule has 5 heteroatoms. The monoisotopic (exact) mass is 192 g/mol. The fourth-order valence-electron chi connectivity index (χ4n) is 0.651. The fraction of sp³-hybridized carbons (Fsp3) is 0.857. The van der Waals surface area contributed by atoms with Crippen molar-refractivity contribution >= 4 is 17.7 Å². The van der Waals surface area contributed by atoms with Crippen molar-refractivity contribution in [3.05, 3.63) is 0 Å². The quantitative estimate of drug-likeness (QED) is 0.260. The molecular formula is C7H16N2O2S. The molecule has 0 rings (SSSR count). The number of carbonyl (C=O) groups excluding carboxylic acids is 1. The van der Waals surface area contributed by atoms with Gasteiger partial charge in [0.05, 0.1) is 6.61 Å². The molecule has 0 spiro atoms. The first-order valence-corrected chi connectivity index (χ1v) is 5.03. The summed E-state index contributed by atoms with van der Waals surface area (Å²) in [6.45, 7) is 0.772. The summed E-state index contributed by atoms with van der Waals surface area (Å²) in [6.07, 6.45) is 1.38. The van der Waals surface area contributed by atoms with Gasteiger partial charge in [0, 0.05) is 19.3 Å². The molecule has 1 amide bonds. The van der Waals surface area contributed by atoms with Gasteiger partial charge in [-0.1, -0.05) is 0 Å². The lowest BCUT2D eigenvalue weighted by Crippen LogP contribution is -2.29. The highest BCUT2D eigenvalue weighted by molar-refractivity contribution is 7.99. The molecule has 0 heterocycles. The van der Waals surface area contributed by atoms with Crippen molar-refractivity contribution < 1.29 is 9.53 Å². The van der Waals surface area contributed by atoms with E-state index in [1.165, 1.54) is 0 Å². The average Bonchev–Trinajstić information content (AvgIpc) is 2.10. The van der Waals surface area contributed by atoms with Gasteiger partial charge >= 0.3 is 0 Å². The van der Waals surface area contributed by atoms with Crippen molar-refractivity contribution in [1.82, 2.24) is 5.43 Å². The number of thioether (sulfide) groups is 1. The van der Waals surface area contributed by atoms with Gasteiger partial charge in [0.1, 0.15) is 0 Å². The standard InChI is InChI=1S/C7H16N2O2S/c1-11-4-6-12-5-2-3-7(10)9-8/h2-6,8H2,1H3,(H,9,10). The van der Waals surface area contributed by atoms with Gasteiger partial charge in [-0.15, -0.1) is 0 Å². The van der Waals surface area contributed by atoms with Crippen LogP contribution in [0.1, 0.15) is 12.8 Å². The Morgan fingerprint density at radius 2 is 2.33 bits per heavy atom. The van der Waals surface area contributed by atoms with E-state index in [9.17, 15) is 4.79 Å². The molecule has 4 nitrogen and oxygen atoms in total. The number of ether oxygens (including phenoxy) is 1. The van der Waals surface area contributed by atoms with Crippen molar-refractivity contribution in [2.24, 2.45) is 5.84 Å². The van der Waals surface area contributed by atoms with Gasteiger partial charge in [-0.2, -0.15) is 11.8 Å². The molecule has 0 aliphatic rings. The molecule has 0 aliphatic carbocycles. The second-order valence-electron chi connectivity index (χ2n) is 2.28. The number of nitrogens with two attached hydrogens (primary N) is 1. The minimum atomic E-state index is -0.0951. The summed E-state index contributed by atoms with van der Waals surface area (Å²) >= 11 is 1.78. The van der Waals surface area contributed by atoms with E-state index in [0.29, 0.717) is 6.42 Å². The van der Waals surface area contributed by atoms with Gasteiger partial charge in [0.25, 0.3) is 0 Å². The number of nitrogens with one attached hydrogen (secondary N) is 1. The van der Waals surface area contributed by atoms with Crippen LogP contribution in [-0.2, 0) is 9.53 Å². The molecule has 0 saturated carbocycles. The second-order valence-corrected chi connectivity index (χ2v) is 3.50. The van der Waals surface area contributed by atoms with Crippen LogP contribution in [0.3, 0.4) is 0 Å². The van der Waals surface area contributed by atoms with Crippen molar-refractivity contribution in [1.29, 1.82) is 0 Å². The molecule has 0 unspecified atom stereocenters. The number of carbonyl (C=O) groups is 1. The fourth-order valence-corrected chi connectivity index (χ4v) is 1.49. The Kier molecular flexibility index (Phi) is 8.64. The summed E-state index contributed by atoms with van der Waals surface area (Å²) < 4.78 is 4.87. The molecule has 0 fully saturated rings. The Bertz CT molecular complexity index is 122. The van der Waals surface area contributed by atoms with E-state index in [0.717, 1.165) is 24.5 Å². The third kappa shape index (κ3) is 7.84. The summed E-state index contributed by atoms with van der Waals surface area (Å²) in [4.78, 5) is 10.6. The van der Waals surface area contributed by atoms with Crippen molar-refractivity contribution in [2.75, 3.05) is 25.2 Å². The van der Waals surface area contributed by atoms with Crippen LogP contribution in [0.2, 0.25) is 0 Å². The first-order valence-electron chi connectivity index (χ1n) is 3.87. The number of rotatable bonds is 7. The van der Waals surface area contributed by atoms with Crippen LogP contribution in [0, 0.1) is 0 Å². The van der Waals surface area contributed by atoms with Gasteiger partial charge in [-0.05, 0) is 12.2 Å². The molecule has 0 aromatic carbocycles. The van der Waals surface area contributed by atoms with E-state index in [4.69, 9.17) is 10.6 Å². The molecule has 72 valence electrons. The van der Waals surface area contributed by atoms with E-state index >= 15 is 0 Å². The summed E-state index contributed by atoms with van der Waals surface area (Å²) in [5, 5.41) is 0. The van der Waals surface area contributed by atoms with Crippen LogP contribution >= 0.6 is 11.8 Å². The average molecular weight is 192 g/mol. The van der Waals surface area contributed by atoms with Gasteiger partial charge < -0.3 is 4.74 Å². The van der Waals surface area contributed by atoms with Gasteiger partial charge in [0.15, 0.2) is 0 Å². The minimum Gasteiger partial charge on any atom is -0.384 e. The summed E-state index contributed by atoms with van der Waals surface area (Å²) in [5.41, 5.74) is 2.09. The molecule has 3 N–H and O–H groups in total. The molecule has 0 saturated heterocycles. The van der Waals surface area contributed by atoms with Crippen LogP contribution in [0.25, 0.3) is 0 Å². The normalized spacial score (nSPS) is 9.83. The topological polar surface area (TPSA) is 64.3 Å². The molecule has 0 radical (unpaired) electrons. The van der Waals surface area contributed by atoms with E-state index in [1.807, 2.05) is 0 Å². The van der Waals surface area contributed by atoms with Crippen molar-refractivity contribution in [3.8, 4) is 0 Å². The number of methoxy groups -OCH3 is 1. The zero-order chi connectivity index (χ0) is 9.23. The smallest absolute Gasteiger partial charge is 0.233 e. The molecule has 12 heavy (non-hydrogen) atoms. The van der Waals surface area contributed by atoms with Gasteiger partial charge in [0.2, 0.25) is 5.91 Å². The van der Waals surface area contributed by atoms with Crippen LogP contribution in [-0.4, -0.2) is 31.1 Å². The van der Waals surface area contributed by atoms with E-state index in [1.54, 1.807) is 18.9 Å². The van der Waals surface area contributed by atoms with E-state index < -0.39 is 0 Å². The van der Waals surface area contributed by atoms with Crippen LogP contribution < -0.4 is 11.3 Å². The molecule has 0 bridgehead atoms. The van der Waals surface area contributed by atoms with Gasteiger partial charge in [-0.25, -0.2) is 5.84 Å². The van der Waals surface area contributed by atoms with E-state index in [-0.39, 0.29) is 5.91 Å². The van der Waals surface area contributed by atoms with Crippen LogP contribution in [0.15, 0.2) is 0 Å². The molecule has 0 aliphatic heterocycles. The predicted octanol–water partition coefficient (Wildman–Crippen LogP) is 0.136. The Labute approximate surface area is 77.2 Å². The molecular weight excluding hydrogens is 176 g/mol.